The molecular formula is C35H29Cl2N5O3. The molecule has 8 nitrogen and oxygen atoms in total. The maximum Gasteiger partial charge on any atom is 0.246 e. The van der Waals surface area contributed by atoms with E-state index in [0.717, 1.165) is 33.4 Å². The number of para-hydroxylation sites is 1. The molecule has 0 spiro atoms. The summed E-state index contributed by atoms with van der Waals surface area (Å²) in [5, 5.41) is 4.24. The molecule has 0 aliphatic rings. The number of likely N-dealkylation sites (N-methyl/N-ethyl adjacent to an activating group) is 1. The highest BCUT2D eigenvalue weighted by molar-refractivity contribution is 6.38. The van der Waals surface area contributed by atoms with E-state index < -0.39 is 5.91 Å². The molecule has 5 aromatic rings. The first-order chi connectivity index (χ1) is 21.8. The van der Waals surface area contributed by atoms with E-state index in [-0.39, 0.29) is 24.1 Å². The SMILES string of the molecule is Cc1ccc2cccc(OCc3c(Cl)ccc(N(C)C(=O)CNC(=O)C=Cc4ccc(C=Cc5ccncc5)nc4)c3Cl)c2n1. The number of hydrogen-bond donors (Lipinski definition) is 1. The van der Waals surface area contributed by atoms with Crippen LogP contribution >= 0.6 is 23.2 Å². The summed E-state index contributed by atoms with van der Waals surface area (Å²) in [6.07, 6.45) is 11.9. The van der Waals surface area contributed by atoms with Gasteiger partial charge in [0.05, 0.1) is 22.9 Å². The fraction of sp³-hybridized carbons (Fsp3) is 0.114. The van der Waals surface area contributed by atoms with Crippen molar-refractivity contribution < 1.29 is 14.3 Å². The molecule has 0 unspecified atom stereocenters. The monoisotopic (exact) mass is 637 g/mol. The van der Waals surface area contributed by atoms with E-state index in [1.165, 1.54) is 11.0 Å². The van der Waals surface area contributed by atoms with Gasteiger partial charge in [-0.2, -0.15) is 0 Å². The molecule has 226 valence electrons. The van der Waals surface area contributed by atoms with E-state index in [0.29, 0.717) is 22.0 Å². The second-order valence-electron chi connectivity index (χ2n) is 10.1. The maximum atomic E-state index is 13.0. The molecule has 0 aliphatic carbocycles. The van der Waals surface area contributed by atoms with Crippen LogP contribution in [0, 0.1) is 6.92 Å². The Bertz CT molecular complexity index is 1890. The molecule has 3 heterocycles. The minimum Gasteiger partial charge on any atom is -0.487 e. The Balaban J connectivity index is 1.17. The number of ether oxygens (including phenoxy) is 1. The van der Waals surface area contributed by atoms with Crippen LogP contribution in [0.4, 0.5) is 5.69 Å². The predicted molar refractivity (Wildman–Crippen MR) is 180 cm³/mol. The van der Waals surface area contributed by atoms with Gasteiger partial charge in [-0.15, -0.1) is 0 Å². The minimum atomic E-state index is -0.423. The van der Waals surface area contributed by atoms with Crippen molar-refractivity contribution >= 4 is 69.8 Å². The minimum absolute atomic E-state index is 0.0701. The van der Waals surface area contributed by atoms with Crippen LogP contribution in [0.5, 0.6) is 5.75 Å². The van der Waals surface area contributed by atoms with Crippen LogP contribution in [-0.4, -0.2) is 40.4 Å². The standard InChI is InChI=1S/C35H29Cl2N5O3/c1-23-6-10-26-4-3-5-31(35(26)41-23)45-22-28-29(36)13-14-30(34(28)37)42(2)33(44)21-40-32(43)15-9-25-8-12-27(39-20-25)11-7-24-16-18-38-19-17-24/h3-20H,21-22H2,1-2H3,(H,40,43). The third-order valence-corrected chi connectivity index (χ3v) is 7.67. The van der Waals surface area contributed by atoms with E-state index in [1.54, 1.807) is 43.8 Å². The number of nitrogens with one attached hydrogen (secondary N) is 1. The number of fused-ring (bicyclic) bond motifs is 1. The van der Waals surface area contributed by atoms with Crippen molar-refractivity contribution in [1.82, 2.24) is 20.3 Å². The summed E-state index contributed by atoms with van der Waals surface area (Å²) < 4.78 is 6.09. The third kappa shape index (κ3) is 8.12. The molecule has 0 radical (unpaired) electrons. The van der Waals surface area contributed by atoms with Crippen LogP contribution in [0.25, 0.3) is 29.1 Å². The first-order valence-electron chi connectivity index (χ1n) is 14.0. The first-order valence-corrected chi connectivity index (χ1v) is 14.8. The summed E-state index contributed by atoms with van der Waals surface area (Å²) in [4.78, 5) is 39.8. The predicted octanol–water partition coefficient (Wildman–Crippen LogP) is 7.18. The molecule has 0 saturated heterocycles. The number of benzene rings is 2. The highest BCUT2D eigenvalue weighted by atomic mass is 35.5. The number of carbonyl (C=O) groups is 2. The molecule has 10 heteroatoms. The lowest BCUT2D eigenvalue weighted by Gasteiger charge is -2.21. The lowest BCUT2D eigenvalue weighted by Crippen LogP contribution is -2.37. The van der Waals surface area contributed by atoms with Crippen molar-refractivity contribution in [3.05, 3.63) is 130 Å². The lowest BCUT2D eigenvalue weighted by molar-refractivity contribution is -0.122. The fourth-order valence-corrected chi connectivity index (χ4v) is 4.98. The Hall–Kier alpha value is -5.05. The van der Waals surface area contributed by atoms with E-state index >= 15 is 0 Å². The number of hydrogen-bond acceptors (Lipinski definition) is 6. The van der Waals surface area contributed by atoms with Gasteiger partial charge in [0, 0.05) is 53.4 Å². The zero-order valence-corrected chi connectivity index (χ0v) is 26.1. The molecule has 0 fully saturated rings. The number of pyridine rings is 3. The number of nitrogens with zero attached hydrogens (tertiary/aromatic N) is 4. The maximum absolute atomic E-state index is 13.0. The van der Waals surface area contributed by atoms with Gasteiger partial charge >= 0.3 is 0 Å². The molecule has 5 rings (SSSR count). The Labute approximate surface area is 271 Å². The van der Waals surface area contributed by atoms with Crippen LogP contribution in [0.3, 0.4) is 0 Å². The Morgan fingerprint density at radius 1 is 0.933 bits per heavy atom. The van der Waals surface area contributed by atoms with Gasteiger partial charge in [0.1, 0.15) is 17.9 Å². The molecule has 3 aromatic heterocycles. The van der Waals surface area contributed by atoms with Gasteiger partial charge in [-0.25, -0.2) is 4.98 Å². The summed E-state index contributed by atoms with van der Waals surface area (Å²) in [6.45, 7) is 1.75. The first kappa shape index (κ1) is 31.4. The number of aromatic nitrogens is 3. The highest BCUT2D eigenvalue weighted by Crippen LogP contribution is 2.35. The molecular weight excluding hydrogens is 609 g/mol. The van der Waals surface area contributed by atoms with E-state index in [4.69, 9.17) is 27.9 Å². The van der Waals surface area contributed by atoms with Gasteiger partial charge in [0.25, 0.3) is 0 Å². The van der Waals surface area contributed by atoms with Gasteiger partial charge in [-0.05, 0) is 72.7 Å². The number of halogens is 2. The van der Waals surface area contributed by atoms with E-state index in [1.807, 2.05) is 73.7 Å². The summed E-state index contributed by atoms with van der Waals surface area (Å²) in [6, 6.07) is 20.4. The molecule has 0 bridgehead atoms. The second-order valence-corrected chi connectivity index (χ2v) is 10.8. The second kappa shape index (κ2) is 14.6. The van der Waals surface area contributed by atoms with Crippen LogP contribution in [0.15, 0.2) is 91.4 Å². The number of aryl methyl sites for hydroxylation is 1. The third-order valence-electron chi connectivity index (χ3n) is 6.90. The Kier molecular flexibility index (Phi) is 10.2. The van der Waals surface area contributed by atoms with E-state index in [2.05, 4.69) is 20.3 Å². The van der Waals surface area contributed by atoms with Crippen LogP contribution in [-0.2, 0) is 16.2 Å². The number of amides is 2. The van der Waals surface area contributed by atoms with Gasteiger partial charge < -0.3 is 15.0 Å². The topological polar surface area (TPSA) is 97.3 Å². The number of anilines is 1. The van der Waals surface area contributed by atoms with Crippen LogP contribution < -0.4 is 15.0 Å². The molecule has 0 atom stereocenters. The average Bonchev–Trinajstić information content (AvgIpc) is 3.06. The summed E-state index contributed by atoms with van der Waals surface area (Å²) >= 11 is 13.2. The van der Waals surface area contributed by atoms with Crippen molar-refractivity contribution in [2.45, 2.75) is 13.5 Å². The quantitative estimate of drug-likeness (QED) is 0.163. The Morgan fingerprint density at radius 2 is 1.76 bits per heavy atom. The molecule has 1 N–H and O–H groups in total. The van der Waals surface area contributed by atoms with Crippen molar-refractivity contribution in [1.29, 1.82) is 0 Å². The van der Waals surface area contributed by atoms with Gasteiger partial charge in [-0.1, -0.05) is 53.5 Å². The van der Waals surface area contributed by atoms with Gasteiger partial charge in [0.15, 0.2) is 0 Å². The summed E-state index contributed by atoms with van der Waals surface area (Å²) in [7, 11) is 1.58. The smallest absolute Gasteiger partial charge is 0.246 e. The lowest BCUT2D eigenvalue weighted by atomic mass is 10.1. The van der Waals surface area contributed by atoms with Crippen LogP contribution in [0.2, 0.25) is 10.0 Å². The zero-order chi connectivity index (χ0) is 31.8. The van der Waals surface area contributed by atoms with Gasteiger partial charge in [0.2, 0.25) is 11.8 Å². The van der Waals surface area contributed by atoms with Crippen molar-refractivity contribution in [3.8, 4) is 5.75 Å². The molecule has 0 saturated carbocycles. The summed E-state index contributed by atoms with van der Waals surface area (Å²) in [5.41, 5.74) is 5.11. The highest BCUT2D eigenvalue weighted by Gasteiger charge is 2.19. The molecule has 0 aliphatic heterocycles. The van der Waals surface area contributed by atoms with E-state index in [9.17, 15) is 9.59 Å². The molecule has 2 aromatic carbocycles. The van der Waals surface area contributed by atoms with Gasteiger partial charge in [-0.3, -0.25) is 19.6 Å². The van der Waals surface area contributed by atoms with Crippen LogP contribution in [0.1, 0.15) is 28.1 Å². The zero-order valence-electron chi connectivity index (χ0n) is 24.6. The van der Waals surface area contributed by atoms with Crippen molar-refractivity contribution in [3.63, 3.8) is 0 Å². The number of carbonyl (C=O) groups excluding carboxylic acids is 2. The number of rotatable bonds is 10. The molecule has 45 heavy (non-hydrogen) atoms. The van der Waals surface area contributed by atoms with Crippen molar-refractivity contribution in [2.75, 3.05) is 18.5 Å². The molecule has 2 amide bonds. The largest absolute Gasteiger partial charge is 0.487 e. The van der Waals surface area contributed by atoms with Crippen molar-refractivity contribution in [2.24, 2.45) is 0 Å². The normalized spacial score (nSPS) is 11.3. The summed E-state index contributed by atoms with van der Waals surface area (Å²) in [5.74, 6) is -0.194. The fourth-order valence-electron chi connectivity index (χ4n) is 4.38. The Morgan fingerprint density at radius 3 is 2.53 bits per heavy atom. The average molecular weight is 639 g/mol.